The van der Waals surface area contributed by atoms with Gasteiger partial charge in [-0.05, 0) is 6.42 Å². The summed E-state index contributed by atoms with van der Waals surface area (Å²) in [6.07, 6.45) is -0.424. The molecule has 9 nitrogen and oxygen atoms in total. The number of carbonyl (C=O) groups is 1. The molecule has 3 N–H and O–H groups in total. The monoisotopic (exact) mass is 313 g/mol. The van der Waals surface area contributed by atoms with E-state index in [2.05, 4.69) is 15.3 Å². The molecule has 0 saturated carbocycles. The van der Waals surface area contributed by atoms with E-state index in [1.54, 1.807) is 7.05 Å². The summed E-state index contributed by atoms with van der Waals surface area (Å²) in [7, 11) is 2.96. The number of aromatic nitrogens is 4. The lowest BCUT2D eigenvalue weighted by Crippen LogP contribution is -2.36. The molecule has 21 heavy (non-hydrogen) atoms. The molecule has 2 rings (SSSR count). The molecule has 0 atom stereocenters. The number of imidazole rings is 1. The van der Waals surface area contributed by atoms with Gasteiger partial charge in [0.15, 0.2) is 16.3 Å². The minimum Gasteiger partial charge on any atom is -0.465 e. The van der Waals surface area contributed by atoms with Gasteiger partial charge in [0, 0.05) is 26.4 Å². The van der Waals surface area contributed by atoms with Crippen LogP contribution in [0.1, 0.15) is 6.42 Å². The van der Waals surface area contributed by atoms with Gasteiger partial charge < -0.3 is 15.4 Å². The van der Waals surface area contributed by atoms with Crippen molar-refractivity contribution in [3.05, 3.63) is 20.8 Å². The molecule has 114 valence electrons. The van der Waals surface area contributed by atoms with Crippen LogP contribution in [0, 0.1) is 0 Å². The maximum absolute atomic E-state index is 12.0. The zero-order valence-electron chi connectivity index (χ0n) is 11.5. The maximum Gasteiger partial charge on any atom is 0.404 e. The van der Waals surface area contributed by atoms with E-state index in [1.165, 1.54) is 23.4 Å². The molecule has 1 amide bonds. The molecule has 0 radical (unpaired) electrons. The summed E-state index contributed by atoms with van der Waals surface area (Å²) in [5.41, 5.74) is -0.249. The first-order chi connectivity index (χ1) is 9.91. The van der Waals surface area contributed by atoms with Crippen LogP contribution in [0.25, 0.3) is 11.2 Å². The Kier molecular flexibility index (Phi) is 4.36. The van der Waals surface area contributed by atoms with E-state index in [0.717, 1.165) is 4.57 Å². The van der Waals surface area contributed by atoms with Gasteiger partial charge >= 0.3 is 11.8 Å². The Morgan fingerprint density at radius 3 is 2.76 bits per heavy atom. The lowest BCUT2D eigenvalue weighted by molar-refractivity contribution is 0.194. The van der Waals surface area contributed by atoms with Gasteiger partial charge in [-0.3, -0.25) is 13.9 Å². The van der Waals surface area contributed by atoms with Gasteiger partial charge in [0.1, 0.15) is 0 Å². The summed E-state index contributed by atoms with van der Waals surface area (Å²) in [5.74, 6) is 0.633. The first kappa shape index (κ1) is 15.2. The molecular weight excluding hydrogens is 298 g/mol. The number of amides is 1. The molecule has 0 saturated heterocycles. The quantitative estimate of drug-likeness (QED) is 0.515. The number of rotatable bonds is 5. The number of H-pyrrole nitrogens is 1. The number of nitrogens with one attached hydrogen (secondary N) is 2. The Balaban J connectivity index is 2.15. The van der Waals surface area contributed by atoms with E-state index >= 15 is 0 Å². The third-order valence-electron chi connectivity index (χ3n) is 2.91. The molecule has 0 aliphatic heterocycles. The SMILES string of the molecule is Cn1c(=O)c2[nH]c(SCCCNC(=O)O)nc2n(C)c1=O. The standard InChI is InChI=1S/C11H15N5O4S/c1-15-7-6(8(17)16(2)11(15)20)13-9(14-7)21-5-3-4-12-10(18)19/h12H,3-5H2,1-2H3,(H,13,14)(H,18,19). The number of thioether (sulfide) groups is 1. The van der Waals surface area contributed by atoms with Crippen LogP contribution in [-0.2, 0) is 14.1 Å². The average molecular weight is 313 g/mol. The lowest BCUT2D eigenvalue weighted by Gasteiger charge is -2.00. The van der Waals surface area contributed by atoms with E-state index in [1.807, 2.05) is 0 Å². The molecule has 0 bridgehead atoms. The van der Waals surface area contributed by atoms with Gasteiger partial charge in [0.2, 0.25) is 0 Å². The van der Waals surface area contributed by atoms with Gasteiger partial charge in [-0.1, -0.05) is 11.8 Å². The van der Waals surface area contributed by atoms with Crippen LogP contribution in [0.2, 0.25) is 0 Å². The van der Waals surface area contributed by atoms with Crippen LogP contribution in [0.15, 0.2) is 14.7 Å². The van der Waals surface area contributed by atoms with Crippen molar-refractivity contribution in [2.75, 3.05) is 12.3 Å². The van der Waals surface area contributed by atoms with Crippen molar-refractivity contribution in [3.63, 3.8) is 0 Å². The average Bonchev–Trinajstić information content (AvgIpc) is 2.86. The lowest BCUT2D eigenvalue weighted by atomic mass is 10.5. The highest BCUT2D eigenvalue weighted by Crippen LogP contribution is 2.16. The van der Waals surface area contributed by atoms with E-state index in [-0.39, 0.29) is 5.52 Å². The molecule has 0 aromatic carbocycles. The van der Waals surface area contributed by atoms with Gasteiger partial charge in [0.25, 0.3) is 5.56 Å². The van der Waals surface area contributed by atoms with Crippen LogP contribution in [-0.4, -0.2) is 42.6 Å². The molecule has 10 heteroatoms. The summed E-state index contributed by atoms with van der Waals surface area (Å²) in [6, 6.07) is 0. The van der Waals surface area contributed by atoms with Gasteiger partial charge in [-0.15, -0.1) is 0 Å². The minimum atomic E-state index is -1.05. The Bertz CT molecular complexity index is 790. The van der Waals surface area contributed by atoms with Crippen LogP contribution in [0.3, 0.4) is 0 Å². The summed E-state index contributed by atoms with van der Waals surface area (Å²) in [5, 5.41) is 11.2. The number of fused-ring (bicyclic) bond motifs is 1. The molecule has 0 aliphatic rings. The molecule has 0 unspecified atom stereocenters. The van der Waals surface area contributed by atoms with Gasteiger partial charge in [-0.25, -0.2) is 14.6 Å². The first-order valence-corrected chi connectivity index (χ1v) is 7.15. The Morgan fingerprint density at radius 1 is 1.38 bits per heavy atom. The molecule has 2 aromatic rings. The Hall–Kier alpha value is -2.23. The normalized spacial score (nSPS) is 11.0. The highest BCUT2D eigenvalue weighted by Gasteiger charge is 2.13. The van der Waals surface area contributed by atoms with E-state index in [0.29, 0.717) is 29.5 Å². The molecule has 2 heterocycles. The van der Waals surface area contributed by atoms with Crippen LogP contribution in [0.4, 0.5) is 4.79 Å². The van der Waals surface area contributed by atoms with Crippen molar-refractivity contribution in [1.29, 1.82) is 0 Å². The molecule has 2 aromatic heterocycles. The van der Waals surface area contributed by atoms with E-state index in [9.17, 15) is 14.4 Å². The smallest absolute Gasteiger partial charge is 0.404 e. The number of aromatic amines is 1. The fourth-order valence-corrected chi connectivity index (χ4v) is 2.62. The van der Waals surface area contributed by atoms with Crippen molar-refractivity contribution in [3.8, 4) is 0 Å². The third-order valence-corrected chi connectivity index (χ3v) is 3.87. The predicted octanol–water partition coefficient (Wildman–Crippen LogP) is -0.290. The number of nitrogens with zero attached hydrogens (tertiary/aromatic N) is 3. The highest BCUT2D eigenvalue weighted by molar-refractivity contribution is 7.99. The van der Waals surface area contributed by atoms with Crippen LogP contribution >= 0.6 is 11.8 Å². The third kappa shape index (κ3) is 3.10. The Morgan fingerprint density at radius 2 is 2.10 bits per heavy atom. The number of carboxylic acid groups (broad SMARTS) is 1. The second kappa shape index (κ2) is 6.04. The number of hydrogen-bond acceptors (Lipinski definition) is 5. The zero-order chi connectivity index (χ0) is 15.6. The second-order valence-corrected chi connectivity index (χ2v) is 5.46. The van der Waals surface area contributed by atoms with Crippen molar-refractivity contribution in [2.24, 2.45) is 14.1 Å². The van der Waals surface area contributed by atoms with Gasteiger partial charge in [-0.2, -0.15) is 0 Å². The van der Waals surface area contributed by atoms with Crippen molar-refractivity contribution in [2.45, 2.75) is 11.6 Å². The Labute approximate surface area is 123 Å². The number of hydrogen-bond donors (Lipinski definition) is 3. The predicted molar refractivity (Wildman–Crippen MR) is 77.9 cm³/mol. The summed E-state index contributed by atoms with van der Waals surface area (Å²) < 4.78 is 2.33. The minimum absolute atomic E-state index is 0.283. The molecule has 0 spiro atoms. The van der Waals surface area contributed by atoms with Gasteiger partial charge in [0.05, 0.1) is 0 Å². The maximum atomic E-state index is 12.0. The topological polar surface area (TPSA) is 122 Å². The van der Waals surface area contributed by atoms with E-state index < -0.39 is 17.3 Å². The fraction of sp³-hybridized carbons (Fsp3) is 0.455. The fourth-order valence-electron chi connectivity index (χ4n) is 1.81. The molecule has 0 aliphatic carbocycles. The summed E-state index contributed by atoms with van der Waals surface area (Å²) in [4.78, 5) is 41.1. The first-order valence-electron chi connectivity index (χ1n) is 6.17. The highest BCUT2D eigenvalue weighted by atomic mass is 32.2. The van der Waals surface area contributed by atoms with Crippen molar-refractivity contribution < 1.29 is 9.90 Å². The number of aryl methyl sites for hydroxylation is 1. The van der Waals surface area contributed by atoms with E-state index in [4.69, 9.17) is 5.11 Å². The zero-order valence-corrected chi connectivity index (χ0v) is 12.4. The second-order valence-electron chi connectivity index (χ2n) is 4.38. The van der Waals surface area contributed by atoms with Crippen molar-refractivity contribution in [1.82, 2.24) is 24.4 Å². The summed E-state index contributed by atoms with van der Waals surface area (Å²) in [6.45, 7) is 0.350. The van der Waals surface area contributed by atoms with Crippen molar-refractivity contribution >= 4 is 29.0 Å². The summed E-state index contributed by atoms with van der Waals surface area (Å²) >= 11 is 1.36. The largest absolute Gasteiger partial charge is 0.465 e. The van der Waals surface area contributed by atoms with Crippen LogP contribution < -0.4 is 16.6 Å². The molecule has 0 fully saturated rings. The molecular formula is C11H15N5O4S. The van der Waals surface area contributed by atoms with Crippen LogP contribution in [0.5, 0.6) is 0 Å².